The lowest BCUT2D eigenvalue weighted by Crippen LogP contribution is -2.04. The van der Waals surface area contributed by atoms with E-state index in [0.29, 0.717) is 23.8 Å². The first kappa shape index (κ1) is 11.5. The van der Waals surface area contributed by atoms with Gasteiger partial charge >= 0.3 is 0 Å². The molecule has 0 saturated heterocycles. The number of halogens is 1. The molecule has 1 N–H and O–H groups in total. The number of aromatic nitrogens is 2. The highest BCUT2D eigenvalue weighted by molar-refractivity contribution is 5.56. The SMILES string of the molecule is CNCc1nc(-c2ccc(OC)c(F)c2)no1. The summed E-state index contributed by atoms with van der Waals surface area (Å²) in [4.78, 5) is 4.12. The van der Waals surface area contributed by atoms with Gasteiger partial charge in [-0.15, -0.1) is 0 Å². The third-order valence-corrected chi connectivity index (χ3v) is 2.21. The van der Waals surface area contributed by atoms with Gasteiger partial charge in [0, 0.05) is 5.56 Å². The Kier molecular flexibility index (Phi) is 3.34. The molecule has 0 unspecified atom stereocenters. The van der Waals surface area contributed by atoms with Crippen molar-refractivity contribution in [1.82, 2.24) is 15.5 Å². The maximum absolute atomic E-state index is 13.5. The van der Waals surface area contributed by atoms with Crippen molar-refractivity contribution >= 4 is 0 Å². The minimum Gasteiger partial charge on any atom is -0.494 e. The third-order valence-electron chi connectivity index (χ3n) is 2.21. The second-order valence-electron chi connectivity index (χ2n) is 3.39. The van der Waals surface area contributed by atoms with Crippen molar-refractivity contribution < 1.29 is 13.7 Å². The maximum atomic E-state index is 13.5. The molecule has 1 aromatic heterocycles. The highest BCUT2D eigenvalue weighted by Crippen LogP contribution is 2.23. The van der Waals surface area contributed by atoms with Gasteiger partial charge in [-0.25, -0.2) is 4.39 Å². The number of hydrogen-bond donors (Lipinski definition) is 1. The van der Waals surface area contributed by atoms with Crippen LogP contribution in [0.15, 0.2) is 22.7 Å². The molecule has 5 nitrogen and oxygen atoms in total. The Labute approximate surface area is 97.6 Å². The molecule has 1 aromatic carbocycles. The van der Waals surface area contributed by atoms with Crippen molar-refractivity contribution in [2.75, 3.05) is 14.2 Å². The van der Waals surface area contributed by atoms with Gasteiger partial charge in [0.25, 0.3) is 0 Å². The van der Waals surface area contributed by atoms with E-state index in [4.69, 9.17) is 9.26 Å². The molecule has 0 amide bonds. The van der Waals surface area contributed by atoms with Crippen LogP contribution in [0.3, 0.4) is 0 Å². The van der Waals surface area contributed by atoms with Crippen LogP contribution in [-0.4, -0.2) is 24.3 Å². The van der Waals surface area contributed by atoms with Crippen LogP contribution < -0.4 is 10.1 Å². The monoisotopic (exact) mass is 237 g/mol. The second kappa shape index (κ2) is 4.92. The molecule has 2 rings (SSSR count). The summed E-state index contributed by atoms with van der Waals surface area (Å²) in [6.07, 6.45) is 0. The van der Waals surface area contributed by atoms with Crippen molar-refractivity contribution in [3.05, 3.63) is 29.9 Å². The van der Waals surface area contributed by atoms with E-state index in [1.807, 2.05) is 0 Å². The Hall–Kier alpha value is -1.95. The fourth-order valence-electron chi connectivity index (χ4n) is 1.40. The van der Waals surface area contributed by atoms with Crippen LogP contribution in [-0.2, 0) is 6.54 Å². The fourth-order valence-corrected chi connectivity index (χ4v) is 1.40. The maximum Gasteiger partial charge on any atom is 0.240 e. The normalized spacial score (nSPS) is 10.5. The van der Waals surface area contributed by atoms with E-state index >= 15 is 0 Å². The molecule has 0 radical (unpaired) electrons. The van der Waals surface area contributed by atoms with Gasteiger partial charge in [-0.1, -0.05) is 5.16 Å². The van der Waals surface area contributed by atoms with Gasteiger partial charge in [0.1, 0.15) is 0 Å². The summed E-state index contributed by atoms with van der Waals surface area (Å²) in [5, 5.41) is 6.66. The Morgan fingerprint density at radius 3 is 2.94 bits per heavy atom. The predicted molar refractivity (Wildman–Crippen MR) is 59.0 cm³/mol. The van der Waals surface area contributed by atoms with Crippen molar-refractivity contribution in [2.45, 2.75) is 6.54 Å². The first-order valence-corrected chi connectivity index (χ1v) is 5.05. The van der Waals surface area contributed by atoms with Crippen LogP contribution in [0, 0.1) is 5.82 Å². The molecule has 0 aliphatic heterocycles. The van der Waals surface area contributed by atoms with Gasteiger partial charge in [0.15, 0.2) is 11.6 Å². The highest BCUT2D eigenvalue weighted by Gasteiger charge is 2.10. The number of hydrogen-bond acceptors (Lipinski definition) is 5. The number of ether oxygens (including phenoxy) is 1. The lowest BCUT2D eigenvalue weighted by molar-refractivity contribution is 0.372. The van der Waals surface area contributed by atoms with Crippen LogP contribution in [0.25, 0.3) is 11.4 Å². The van der Waals surface area contributed by atoms with E-state index in [0.717, 1.165) is 0 Å². The number of nitrogens with one attached hydrogen (secondary N) is 1. The van der Waals surface area contributed by atoms with E-state index in [-0.39, 0.29) is 5.75 Å². The summed E-state index contributed by atoms with van der Waals surface area (Å²) >= 11 is 0. The average molecular weight is 237 g/mol. The van der Waals surface area contributed by atoms with Gasteiger partial charge in [0.2, 0.25) is 11.7 Å². The Morgan fingerprint density at radius 1 is 1.47 bits per heavy atom. The van der Waals surface area contributed by atoms with Crippen LogP contribution >= 0.6 is 0 Å². The Morgan fingerprint density at radius 2 is 2.29 bits per heavy atom. The Bertz CT molecular complexity index is 513. The summed E-state index contributed by atoms with van der Waals surface area (Å²) in [5.74, 6) is 0.549. The number of nitrogens with zero attached hydrogens (tertiary/aromatic N) is 2. The molecular formula is C11H12FN3O2. The molecule has 0 saturated carbocycles. The van der Waals surface area contributed by atoms with Crippen molar-refractivity contribution in [2.24, 2.45) is 0 Å². The summed E-state index contributed by atoms with van der Waals surface area (Å²) < 4.78 is 23.3. The van der Waals surface area contributed by atoms with E-state index < -0.39 is 5.82 Å². The molecule has 0 bridgehead atoms. The smallest absolute Gasteiger partial charge is 0.240 e. The Balaban J connectivity index is 2.29. The fraction of sp³-hybridized carbons (Fsp3) is 0.273. The van der Waals surface area contributed by atoms with Crippen LogP contribution in [0.1, 0.15) is 5.89 Å². The lowest BCUT2D eigenvalue weighted by Gasteiger charge is -2.01. The van der Waals surface area contributed by atoms with Crippen molar-refractivity contribution in [1.29, 1.82) is 0 Å². The lowest BCUT2D eigenvalue weighted by atomic mass is 10.2. The first-order valence-electron chi connectivity index (χ1n) is 5.05. The zero-order valence-electron chi connectivity index (χ0n) is 9.53. The molecular weight excluding hydrogens is 225 g/mol. The first-order chi connectivity index (χ1) is 8.24. The topological polar surface area (TPSA) is 60.2 Å². The van der Waals surface area contributed by atoms with Crippen LogP contribution in [0.2, 0.25) is 0 Å². The zero-order valence-corrected chi connectivity index (χ0v) is 9.53. The molecule has 0 aliphatic rings. The van der Waals surface area contributed by atoms with Gasteiger partial charge in [0.05, 0.1) is 13.7 Å². The minimum absolute atomic E-state index is 0.188. The van der Waals surface area contributed by atoms with Crippen LogP contribution in [0.5, 0.6) is 5.75 Å². The average Bonchev–Trinajstić information content (AvgIpc) is 2.78. The molecule has 0 spiro atoms. The van der Waals surface area contributed by atoms with Crippen molar-refractivity contribution in [3.8, 4) is 17.1 Å². The molecule has 0 aliphatic carbocycles. The second-order valence-corrected chi connectivity index (χ2v) is 3.39. The number of methoxy groups -OCH3 is 1. The molecule has 1 heterocycles. The van der Waals surface area contributed by atoms with Gasteiger partial charge < -0.3 is 14.6 Å². The minimum atomic E-state index is -0.454. The summed E-state index contributed by atoms with van der Waals surface area (Å²) in [7, 11) is 3.19. The summed E-state index contributed by atoms with van der Waals surface area (Å²) in [6.45, 7) is 0.478. The molecule has 2 aromatic rings. The van der Waals surface area contributed by atoms with Gasteiger partial charge in [-0.3, -0.25) is 0 Å². The standard InChI is InChI=1S/C11H12FN3O2/c1-13-6-10-14-11(15-17-10)7-3-4-9(16-2)8(12)5-7/h3-5,13H,6H2,1-2H3. The quantitative estimate of drug-likeness (QED) is 0.875. The molecule has 0 fully saturated rings. The highest BCUT2D eigenvalue weighted by atomic mass is 19.1. The molecule has 17 heavy (non-hydrogen) atoms. The van der Waals surface area contributed by atoms with Gasteiger partial charge in [-0.2, -0.15) is 4.98 Å². The number of benzene rings is 1. The van der Waals surface area contributed by atoms with Crippen LogP contribution in [0.4, 0.5) is 4.39 Å². The predicted octanol–water partition coefficient (Wildman–Crippen LogP) is 1.60. The molecule has 0 atom stereocenters. The summed E-state index contributed by atoms with van der Waals surface area (Å²) in [5.41, 5.74) is 0.550. The molecule has 6 heteroatoms. The zero-order chi connectivity index (χ0) is 12.3. The molecule has 90 valence electrons. The largest absolute Gasteiger partial charge is 0.494 e. The van der Waals surface area contributed by atoms with E-state index in [2.05, 4.69) is 15.5 Å². The van der Waals surface area contributed by atoms with E-state index in [1.165, 1.54) is 19.2 Å². The van der Waals surface area contributed by atoms with E-state index in [1.54, 1.807) is 13.1 Å². The van der Waals surface area contributed by atoms with E-state index in [9.17, 15) is 4.39 Å². The van der Waals surface area contributed by atoms with Gasteiger partial charge in [-0.05, 0) is 25.2 Å². The summed E-state index contributed by atoms with van der Waals surface area (Å²) in [6, 6.07) is 4.52. The number of rotatable bonds is 4. The third kappa shape index (κ3) is 2.42. The van der Waals surface area contributed by atoms with Crippen molar-refractivity contribution in [3.63, 3.8) is 0 Å².